The van der Waals surface area contributed by atoms with Crippen LogP contribution in [0.3, 0.4) is 0 Å². The Morgan fingerprint density at radius 2 is 2.00 bits per heavy atom. The molecule has 0 N–H and O–H groups in total. The molecule has 0 radical (unpaired) electrons. The summed E-state index contributed by atoms with van der Waals surface area (Å²) in [5, 5.41) is 0. The smallest absolute Gasteiger partial charge is 0.427 e. The van der Waals surface area contributed by atoms with Crippen LogP contribution >= 0.6 is 0 Å². The molecule has 0 amide bonds. The lowest BCUT2D eigenvalue weighted by Crippen LogP contribution is -2.36. The zero-order valence-corrected chi connectivity index (χ0v) is 7.22. The Labute approximate surface area is 66.7 Å². The van der Waals surface area contributed by atoms with Gasteiger partial charge in [0, 0.05) is 0 Å². The number of cyclic esters (lactones) is 2. The van der Waals surface area contributed by atoms with Crippen LogP contribution in [0, 0.1) is 0 Å². The Balaban J connectivity index is 2.75. The minimum Gasteiger partial charge on any atom is -0.427 e. The molecule has 1 unspecified atom stereocenters. The van der Waals surface area contributed by atoms with Gasteiger partial charge in [-0.2, -0.15) is 0 Å². The molecule has 3 nitrogen and oxygen atoms in total. The van der Waals surface area contributed by atoms with Crippen LogP contribution in [0.2, 0.25) is 0 Å². The number of hydrogen-bond donors (Lipinski definition) is 0. The summed E-state index contributed by atoms with van der Waals surface area (Å²) in [5.41, 5.74) is -0.364. The molecule has 11 heavy (non-hydrogen) atoms. The summed E-state index contributed by atoms with van der Waals surface area (Å²) in [6, 6.07) is 0. The standard InChI is InChI=1S/C8H14O3/c1-4-8(5-2)6(3)10-7(9)11-8/h6H,4-5H2,1-3H3. The van der Waals surface area contributed by atoms with Gasteiger partial charge in [0.1, 0.15) is 6.10 Å². The van der Waals surface area contributed by atoms with Crippen LogP contribution in [0.25, 0.3) is 0 Å². The summed E-state index contributed by atoms with van der Waals surface area (Å²) in [7, 11) is 0. The quantitative estimate of drug-likeness (QED) is 0.577. The molecule has 0 spiro atoms. The summed E-state index contributed by atoms with van der Waals surface area (Å²) in [6.07, 6.45) is 0.999. The molecule has 0 aromatic carbocycles. The molecule has 0 aromatic heterocycles. The van der Waals surface area contributed by atoms with E-state index in [2.05, 4.69) is 0 Å². The van der Waals surface area contributed by atoms with E-state index in [1.54, 1.807) is 0 Å². The van der Waals surface area contributed by atoms with Crippen LogP contribution in [0.1, 0.15) is 33.6 Å². The molecular weight excluding hydrogens is 144 g/mol. The molecule has 1 heterocycles. The molecule has 3 heteroatoms. The predicted molar refractivity (Wildman–Crippen MR) is 40.3 cm³/mol. The van der Waals surface area contributed by atoms with E-state index in [0.29, 0.717) is 0 Å². The minimum absolute atomic E-state index is 0.106. The maximum atomic E-state index is 10.7. The topological polar surface area (TPSA) is 35.5 Å². The van der Waals surface area contributed by atoms with E-state index in [1.165, 1.54) is 0 Å². The summed E-state index contributed by atoms with van der Waals surface area (Å²) in [4.78, 5) is 10.7. The number of hydrogen-bond acceptors (Lipinski definition) is 3. The van der Waals surface area contributed by atoms with E-state index in [4.69, 9.17) is 9.47 Å². The zero-order valence-electron chi connectivity index (χ0n) is 7.22. The van der Waals surface area contributed by atoms with Gasteiger partial charge in [-0.05, 0) is 19.8 Å². The highest BCUT2D eigenvalue weighted by atomic mass is 16.8. The SMILES string of the molecule is CCC1(CC)OC(=O)OC1C. The predicted octanol–water partition coefficient (Wildman–Crippen LogP) is 2.10. The van der Waals surface area contributed by atoms with Gasteiger partial charge < -0.3 is 9.47 Å². The molecule has 1 saturated heterocycles. The van der Waals surface area contributed by atoms with Gasteiger partial charge in [-0.25, -0.2) is 4.79 Å². The first-order chi connectivity index (χ1) is 5.14. The van der Waals surface area contributed by atoms with E-state index < -0.39 is 6.16 Å². The highest BCUT2D eigenvalue weighted by molar-refractivity contribution is 5.63. The van der Waals surface area contributed by atoms with Gasteiger partial charge >= 0.3 is 6.16 Å². The first-order valence-corrected chi connectivity index (χ1v) is 4.04. The second-order valence-electron chi connectivity index (χ2n) is 2.88. The molecule has 1 aliphatic heterocycles. The highest BCUT2D eigenvalue weighted by Crippen LogP contribution is 2.32. The van der Waals surface area contributed by atoms with Crippen molar-refractivity contribution in [3.8, 4) is 0 Å². The van der Waals surface area contributed by atoms with Crippen molar-refractivity contribution >= 4 is 6.16 Å². The lowest BCUT2D eigenvalue weighted by Gasteiger charge is -2.25. The minimum atomic E-state index is -0.527. The third-order valence-corrected chi connectivity index (χ3v) is 2.50. The van der Waals surface area contributed by atoms with Crippen LogP contribution in [0.15, 0.2) is 0 Å². The molecule has 64 valence electrons. The largest absolute Gasteiger partial charge is 0.509 e. The Hall–Kier alpha value is -0.730. The van der Waals surface area contributed by atoms with E-state index in [1.807, 2.05) is 20.8 Å². The summed E-state index contributed by atoms with van der Waals surface area (Å²) in [5.74, 6) is 0. The fourth-order valence-corrected chi connectivity index (χ4v) is 1.49. The van der Waals surface area contributed by atoms with Crippen LogP contribution in [0.4, 0.5) is 4.79 Å². The first kappa shape index (κ1) is 8.37. The fourth-order valence-electron chi connectivity index (χ4n) is 1.49. The highest BCUT2D eigenvalue weighted by Gasteiger charge is 2.45. The zero-order chi connectivity index (χ0) is 8.48. The van der Waals surface area contributed by atoms with Crippen molar-refractivity contribution in [2.45, 2.75) is 45.3 Å². The summed E-state index contributed by atoms with van der Waals surface area (Å²) >= 11 is 0. The van der Waals surface area contributed by atoms with Crippen molar-refractivity contribution in [3.63, 3.8) is 0 Å². The lowest BCUT2D eigenvalue weighted by molar-refractivity contribution is 0.0274. The number of carbonyl (C=O) groups excluding carboxylic acids is 1. The van der Waals surface area contributed by atoms with Gasteiger partial charge in [0.15, 0.2) is 5.60 Å². The second-order valence-corrected chi connectivity index (χ2v) is 2.88. The van der Waals surface area contributed by atoms with Crippen molar-refractivity contribution in [3.05, 3.63) is 0 Å². The Morgan fingerprint density at radius 3 is 2.18 bits per heavy atom. The molecule has 0 bridgehead atoms. The maximum Gasteiger partial charge on any atom is 0.509 e. The number of carbonyl (C=O) groups is 1. The van der Waals surface area contributed by atoms with Crippen LogP contribution < -0.4 is 0 Å². The van der Waals surface area contributed by atoms with Gasteiger partial charge in [-0.3, -0.25) is 0 Å². The summed E-state index contributed by atoms with van der Waals surface area (Å²) in [6.45, 7) is 5.88. The van der Waals surface area contributed by atoms with Gasteiger partial charge in [0.2, 0.25) is 0 Å². The van der Waals surface area contributed by atoms with Crippen LogP contribution in [0.5, 0.6) is 0 Å². The van der Waals surface area contributed by atoms with Gasteiger partial charge in [-0.1, -0.05) is 13.8 Å². The van der Waals surface area contributed by atoms with Crippen molar-refractivity contribution in [1.82, 2.24) is 0 Å². The normalized spacial score (nSPS) is 27.9. The molecule has 0 aliphatic carbocycles. The third-order valence-electron chi connectivity index (χ3n) is 2.50. The van der Waals surface area contributed by atoms with E-state index >= 15 is 0 Å². The molecule has 1 fully saturated rings. The third kappa shape index (κ3) is 1.19. The lowest BCUT2D eigenvalue weighted by atomic mass is 9.92. The number of rotatable bonds is 2. The van der Waals surface area contributed by atoms with E-state index in [9.17, 15) is 4.79 Å². The first-order valence-electron chi connectivity index (χ1n) is 4.04. The summed E-state index contributed by atoms with van der Waals surface area (Å²) < 4.78 is 10.00. The van der Waals surface area contributed by atoms with Gasteiger partial charge in [0.25, 0.3) is 0 Å². The molecule has 1 atom stereocenters. The Morgan fingerprint density at radius 1 is 1.45 bits per heavy atom. The average molecular weight is 158 g/mol. The number of ether oxygens (including phenoxy) is 2. The van der Waals surface area contributed by atoms with Crippen molar-refractivity contribution in [1.29, 1.82) is 0 Å². The Kier molecular flexibility index (Phi) is 2.07. The molecule has 1 rings (SSSR count). The van der Waals surface area contributed by atoms with Crippen molar-refractivity contribution < 1.29 is 14.3 Å². The molecule has 0 saturated carbocycles. The molecule has 1 aliphatic rings. The van der Waals surface area contributed by atoms with Crippen molar-refractivity contribution in [2.24, 2.45) is 0 Å². The molecule has 0 aromatic rings. The van der Waals surface area contributed by atoms with Crippen molar-refractivity contribution in [2.75, 3.05) is 0 Å². The average Bonchev–Trinajstić information content (AvgIpc) is 2.27. The maximum absolute atomic E-state index is 10.7. The van der Waals surface area contributed by atoms with Gasteiger partial charge in [0.05, 0.1) is 0 Å². The van der Waals surface area contributed by atoms with Crippen LogP contribution in [-0.2, 0) is 9.47 Å². The molecular formula is C8H14O3. The Bertz CT molecular complexity index is 161. The van der Waals surface area contributed by atoms with E-state index in [-0.39, 0.29) is 11.7 Å². The monoisotopic (exact) mass is 158 g/mol. The van der Waals surface area contributed by atoms with Gasteiger partial charge in [-0.15, -0.1) is 0 Å². The second kappa shape index (κ2) is 2.72. The fraction of sp³-hybridized carbons (Fsp3) is 0.875. The van der Waals surface area contributed by atoms with E-state index in [0.717, 1.165) is 12.8 Å². The van der Waals surface area contributed by atoms with Crippen LogP contribution in [-0.4, -0.2) is 17.9 Å².